The fraction of sp³-hybridized carbons (Fsp3) is 0.467. The molecule has 1 aromatic carbocycles. The number of hydrogen-bond acceptors (Lipinski definition) is 5. The minimum Gasteiger partial charge on any atom is -0.369 e. The van der Waals surface area contributed by atoms with Crippen molar-refractivity contribution < 1.29 is 4.74 Å². The molecule has 1 atom stereocenters. The number of methoxy groups -OCH3 is 1. The van der Waals surface area contributed by atoms with Crippen molar-refractivity contribution in [2.75, 3.05) is 20.2 Å². The second-order valence-corrected chi connectivity index (χ2v) is 5.61. The van der Waals surface area contributed by atoms with Crippen LogP contribution in [-0.4, -0.2) is 30.4 Å². The standard InChI is InChI=1S/C15H21N3OS/c1-3-16-11-7-10-13-17-18-15(20-13)14(19-2)12-8-5-4-6-9-12/h4-6,8-9,14,16H,3,7,10-11H2,1-2H3. The number of aryl methyl sites for hydroxylation is 1. The predicted molar refractivity (Wildman–Crippen MR) is 82.1 cm³/mol. The molecule has 0 aliphatic carbocycles. The average Bonchev–Trinajstić information content (AvgIpc) is 2.94. The van der Waals surface area contributed by atoms with Gasteiger partial charge in [0.1, 0.15) is 11.1 Å². The molecule has 0 radical (unpaired) electrons. The lowest BCUT2D eigenvalue weighted by molar-refractivity contribution is 0.135. The Kier molecular flexibility index (Phi) is 6.11. The van der Waals surface area contributed by atoms with Crippen LogP contribution in [0.15, 0.2) is 30.3 Å². The summed E-state index contributed by atoms with van der Waals surface area (Å²) in [6.45, 7) is 4.16. The van der Waals surface area contributed by atoms with E-state index < -0.39 is 0 Å². The highest BCUT2D eigenvalue weighted by atomic mass is 32.1. The van der Waals surface area contributed by atoms with Crippen LogP contribution in [0.3, 0.4) is 0 Å². The Morgan fingerprint density at radius 2 is 2.05 bits per heavy atom. The topological polar surface area (TPSA) is 47.0 Å². The molecule has 2 aromatic rings. The lowest BCUT2D eigenvalue weighted by Crippen LogP contribution is -2.14. The highest BCUT2D eigenvalue weighted by molar-refractivity contribution is 7.11. The van der Waals surface area contributed by atoms with Crippen LogP contribution in [0.4, 0.5) is 0 Å². The zero-order valence-corrected chi connectivity index (χ0v) is 12.8. The van der Waals surface area contributed by atoms with Gasteiger partial charge in [-0.05, 0) is 25.1 Å². The van der Waals surface area contributed by atoms with Crippen LogP contribution >= 0.6 is 11.3 Å². The second-order valence-electron chi connectivity index (χ2n) is 4.52. The molecular formula is C15H21N3OS. The fourth-order valence-electron chi connectivity index (χ4n) is 2.02. The molecule has 4 nitrogen and oxygen atoms in total. The fourth-order valence-corrected chi connectivity index (χ4v) is 3.01. The van der Waals surface area contributed by atoms with Gasteiger partial charge in [0, 0.05) is 13.5 Å². The Bertz CT molecular complexity index is 501. The molecule has 0 amide bonds. The molecule has 0 aliphatic heterocycles. The largest absolute Gasteiger partial charge is 0.369 e. The molecule has 2 rings (SSSR count). The van der Waals surface area contributed by atoms with Gasteiger partial charge in [-0.2, -0.15) is 0 Å². The maximum Gasteiger partial charge on any atom is 0.151 e. The first kappa shape index (κ1) is 15.1. The zero-order chi connectivity index (χ0) is 14.2. The van der Waals surface area contributed by atoms with Crippen LogP contribution in [-0.2, 0) is 11.2 Å². The first-order chi connectivity index (χ1) is 9.85. The molecule has 108 valence electrons. The maximum atomic E-state index is 5.57. The van der Waals surface area contributed by atoms with Gasteiger partial charge >= 0.3 is 0 Å². The van der Waals surface area contributed by atoms with Gasteiger partial charge in [-0.1, -0.05) is 48.6 Å². The van der Waals surface area contributed by atoms with Crippen molar-refractivity contribution in [2.24, 2.45) is 0 Å². The SMILES string of the molecule is CCNCCCc1nnc(C(OC)c2ccccc2)s1. The number of ether oxygens (including phenoxy) is 1. The van der Waals surface area contributed by atoms with Crippen LogP contribution < -0.4 is 5.32 Å². The zero-order valence-electron chi connectivity index (χ0n) is 12.0. The van der Waals surface area contributed by atoms with E-state index in [1.54, 1.807) is 18.4 Å². The van der Waals surface area contributed by atoms with E-state index in [2.05, 4.69) is 34.6 Å². The van der Waals surface area contributed by atoms with Crippen LogP contribution in [0.25, 0.3) is 0 Å². The Balaban J connectivity index is 1.99. The van der Waals surface area contributed by atoms with Gasteiger partial charge in [0.2, 0.25) is 0 Å². The summed E-state index contributed by atoms with van der Waals surface area (Å²) >= 11 is 1.64. The van der Waals surface area contributed by atoms with Crippen LogP contribution in [0, 0.1) is 0 Å². The third-order valence-electron chi connectivity index (χ3n) is 3.04. The Morgan fingerprint density at radius 3 is 2.75 bits per heavy atom. The third-order valence-corrected chi connectivity index (χ3v) is 4.07. The monoisotopic (exact) mass is 291 g/mol. The lowest BCUT2D eigenvalue weighted by atomic mass is 10.1. The van der Waals surface area contributed by atoms with E-state index in [1.165, 1.54) is 0 Å². The molecule has 0 aliphatic rings. The molecule has 0 saturated carbocycles. The Labute approximate surface area is 124 Å². The van der Waals surface area contributed by atoms with Crippen LogP contribution in [0.1, 0.15) is 35.0 Å². The summed E-state index contributed by atoms with van der Waals surface area (Å²) in [6.07, 6.45) is 1.94. The summed E-state index contributed by atoms with van der Waals surface area (Å²) in [6, 6.07) is 10.1. The Morgan fingerprint density at radius 1 is 1.25 bits per heavy atom. The number of nitrogens with zero attached hydrogens (tertiary/aromatic N) is 2. The van der Waals surface area contributed by atoms with Crippen molar-refractivity contribution in [2.45, 2.75) is 25.9 Å². The molecule has 1 heterocycles. The van der Waals surface area contributed by atoms with E-state index in [-0.39, 0.29) is 6.10 Å². The minimum absolute atomic E-state index is 0.115. The first-order valence-electron chi connectivity index (χ1n) is 6.96. The molecule has 0 spiro atoms. The van der Waals surface area contributed by atoms with E-state index in [0.717, 1.165) is 41.5 Å². The molecule has 0 bridgehead atoms. The van der Waals surface area contributed by atoms with E-state index in [1.807, 2.05) is 18.2 Å². The highest BCUT2D eigenvalue weighted by Crippen LogP contribution is 2.27. The highest BCUT2D eigenvalue weighted by Gasteiger charge is 2.18. The summed E-state index contributed by atoms with van der Waals surface area (Å²) in [5.74, 6) is 0. The normalized spacial score (nSPS) is 12.5. The summed E-state index contributed by atoms with van der Waals surface area (Å²) in [7, 11) is 1.71. The summed E-state index contributed by atoms with van der Waals surface area (Å²) in [4.78, 5) is 0. The van der Waals surface area contributed by atoms with Gasteiger partial charge in [-0.15, -0.1) is 10.2 Å². The third kappa shape index (κ3) is 4.10. The molecule has 1 N–H and O–H groups in total. The van der Waals surface area contributed by atoms with Crippen LogP contribution in [0.5, 0.6) is 0 Å². The van der Waals surface area contributed by atoms with Crippen molar-refractivity contribution >= 4 is 11.3 Å². The lowest BCUT2D eigenvalue weighted by Gasteiger charge is -2.11. The molecule has 1 unspecified atom stereocenters. The smallest absolute Gasteiger partial charge is 0.151 e. The Hall–Kier alpha value is -1.30. The molecule has 1 aromatic heterocycles. The summed E-state index contributed by atoms with van der Waals surface area (Å²) < 4.78 is 5.57. The van der Waals surface area contributed by atoms with Crippen molar-refractivity contribution in [3.8, 4) is 0 Å². The summed E-state index contributed by atoms with van der Waals surface area (Å²) in [5.41, 5.74) is 1.12. The predicted octanol–water partition coefficient (Wildman–Crippen LogP) is 2.82. The molecule has 5 heteroatoms. The van der Waals surface area contributed by atoms with Gasteiger partial charge in [0.05, 0.1) is 0 Å². The number of benzene rings is 1. The number of nitrogens with one attached hydrogen (secondary N) is 1. The van der Waals surface area contributed by atoms with E-state index >= 15 is 0 Å². The van der Waals surface area contributed by atoms with Gasteiger partial charge < -0.3 is 10.1 Å². The molecule has 20 heavy (non-hydrogen) atoms. The van der Waals surface area contributed by atoms with Crippen molar-refractivity contribution in [3.05, 3.63) is 45.9 Å². The van der Waals surface area contributed by atoms with Crippen molar-refractivity contribution in [1.29, 1.82) is 0 Å². The molecule has 0 saturated heterocycles. The quantitative estimate of drug-likeness (QED) is 0.760. The summed E-state index contributed by atoms with van der Waals surface area (Å²) in [5, 5.41) is 13.9. The number of hydrogen-bond donors (Lipinski definition) is 1. The minimum atomic E-state index is -0.115. The van der Waals surface area contributed by atoms with E-state index in [4.69, 9.17) is 4.74 Å². The number of rotatable bonds is 8. The van der Waals surface area contributed by atoms with E-state index in [0.29, 0.717) is 0 Å². The average molecular weight is 291 g/mol. The van der Waals surface area contributed by atoms with Gasteiger partial charge in [-0.3, -0.25) is 0 Å². The molecule has 0 fully saturated rings. The molecular weight excluding hydrogens is 270 g/mol. The van der Waals surface area contributed by atoms with Gasteiger partial charge in [-0.25, -0.2) is 0 Å². The first-order valence-corrected chi connectivity index (χ1v) is 7.77. The number of aromatic nitrogens is 2. The van der Waals surface area contributed by atoms with Crippen LogP contribution in [0.2, 0.25) is 0 Å². The second kappa shape index (κ2) is 8.09. The van der Waals surface area contributed by atoms with Crippen molar-refractivity contribution in [3.63, 3.8) is 0 Å². The van der Waals surface area contributed by atoms with Gasteiger partial charge in [0.15, 0.2) is 5.01 Å². The maximum absolute atomic E-state index is 5.57. The van der Waals surface area contributed by atoms with E-state index in [9.17, 15) is 0 Å². The van der Waals surface area contributed by atoms with Gasteiger partial charge in [0.25, 0.3) is 0 Å². The van der Waals surface area contributed by atoms with Crippen molar-refractivity contribution in [1.82, 2.24) is 15.5 Å².